The lowest BCUT2D eigenvalue weighted by molar-refractivity contribution is 0.122. The number of para-hydroxylation sites is 1. The van der Waals surface area contributed by atoms with Gasteiger partial charge in [0.05, 0.1) is 19.8 Å². The highest BCUT2D eigenvalue weighted by Gasteiger charge is 2.14. The SMILES string of the molecule is CN=C(NCCOCCC(C)C)NCc1ccccc1N1CCOCC1. The van der Waals surface area contributed by atoms with Crippen molar-refractivity contribution in [3.8, 4) is 0 Å². The second-order valence-corrected chi connectivity index (χ2v) is 6.88. The number of benzene rings is 1. The van der Waals surface area contributed by atoms with Crippen molar-refractivity contribution in [2.75, 3.05) is 58.0 Å². The first-order chi connectivity index (χ1) is 12.7. The summed E-state index contributed by atoms with van der Waals surface area (Å²) < 4.78 is 11.1. The van der Waals surface area contributed by atoms with E-state index in [0.29, 0.717) is 12.5 Å². The average Bonchev–Trinajstić information content (AvgIpc) is 2.67. The molecule has 0 aromatic heterocycles. The van der Waals surface area contributed by atoms with Crippen LogP contribution in [-0.4, -0.2) is 59.1 Å². The summed E-state index contributed by atoms with van der Waals surface area (Å²) in [5.74, 6) is 1.48. The van der Waals surface area contributed by atoms with Gasteiger partial charge in [0.25, 0.3) is 0 Å². The van der Waals surface area contributed by atoms with Crippen LogP contribution >= 0.6 is 0 Å². The van der Waals surface area contributed by atoms with Gasteiger partial charge in [-0.3, -0.25) is 4.99 Å². The summed E-state index contributed by atoms with van der Waals surface area (Å²) in [6.07, 6.45) is 1.10. The standard InChI is InChI=1S/C20H34N4O2/c1-17(2)8-12-25-13-9-22-20(21-3)23-16-18-6-4-5-7-19(18)24-10-14-26-15-11-24/h4-7,17H,8-16H2,1-3H3,(H2,21,22,23). The number of anilines is 1. The zero-order valence-corrected chi connectivity index (χ0v) is 16.5. The Labute approximate surface area is 158 Å². The molecule has 1 aliphatic rings. The van der Waals surface area contributed by atoms with E-state index in [-0.39, 0.29) is 0 Å². The summed E-state index contributed by atoms with van der Waals surface area (Å²) in [5, 5.41) is 6.71. The first-order valence-electron chi connectivity index (χ1n) is 9.63. The molecule has 1 aliphatic heterocycles. The minimum Gasteiger partial charge on any atom is -0.380 e. The highest BCUT2D eigenvalue weighted by atomic mass is 16.5. The number of hydrogen-bond donors (Lipinski definition) is 2. The third-order valence-corrected chi connectivity index (χ3v) is 4.39. The molecule has 2 N–H and O–H groups in total. The molecule has 0 atom stereocenters. The zero-order valence-electron chi connectivity index (χ0n) is 16.5. The van der Waals surface area contributed by atoms with Crippen LogP contribution in [0, 0.1) is 5.92 Å². The zero-order chi connectivity index (χ0) is 18.6. The molecule has 26 heavy (non-hydrogen) atoms. The number of rotatable bonds is 9. The van der Waals surface area contributed by atoms with Gasteiger partial charge in [0.1, 0.15) is 0 Å². The maximum atomic E-state index is 5.64. The van der Waals surface area contributed by atoms with Gasteiger partial charge >= 0.3 is 0 Å². The molecule has 1 aromatic carbocycles. The monoisotopic (exact) mass is 362 g/mol. The number of hydrogen-bond acceptors (Lipinski definition) is 4. The number of nitrogens with one attached hydrogen (secondary N) is 2. The maximum absolute atomic E-state index is 5.64. The van der Waals surface area contributed by atoms with Crippen molar-refractivity contribution in [3.05, 3.63) is 29.8 Å². The third-order valence-electron chi connectivity index (χ3n) is 4.39. The highest BCUT2D eigenvalue weighted by Crippen LogP contribution is 2.21. The highest BCUT2D eigenvalue weighted by molar-refractivity contribution is 5.79. The number of guanidine groups is 1. The fourth-order valence-electron chi connectivity index (χ4n) is 2.84. The van der Waals surface area contributed by atoms with Crippen LogP contribution < -0.4 is 15.5 Å². The van der Waals surface area contributed by atoms with E-state index in [4.69, 9.17) is 9.47 Å². The third kappa shape index (κ3) is 7.22. The number of morpholine rings is 1. The quantitative estimate of drug-likeness (QED) is 0.401. The summed E-state index contributed by atoms with van der Waals surface area (Å²) in [6, 6.07) is 8.52. The minimum absolute atomic E-state index is 0.684. The lowest BCUT2D eigenvalue weighted by Crippen LogP contribution is -2.40. The first kappa shape index (κ1) is 20.5. The van der Waals surface area contributed by atoms with Crippen LogP contribution in [0.15, 0.2) is 29.3 Å². The van der Waals surface area contributed by atoms with E-state index in [9.17, 15) is 0 Å². The fourth-order valence-corrected chi connectivity index (χ4v) is 2.84. The maximum Gasteiger partial charge on any atom is 0.191 e. The Balaban J connectivity index is 1.76. The number of aliphatic imine (C=N–C) groups is 1. The minimum atomic E-state index is 0.684. The van der Waals surface area contributed by atoms with Gasteiger partial charge in [-0.2, -0.15) is 0 Å². The second kappa shape index (κ2) is 11.8. The van der Waals surface area contributed by atoms with E-state index in [1.807, 2.05) is 0 Å². The van der Waals surface area contributed by atoms with E-state index in [1.54, 1.807) is 7.05 Å². The predicted molar refractivity (Wildman–Crippen MR) is 108 cm³/mol. The molecule has 1 aromatic rings. The Bertz CT molecular complexity index is 542. The lowest BCUT2D eigenvalue weighted by atomic mass is 10.1. The van der Waals surface area contributed by atoms with E-state index >= 15 is 0 Å². The van der Waals surface area contributed by atoms with Crippen molar-refractivity contribution >= 4 is 11.6 Å². The van der Waals surface area contributed by atoms with Crippen molar-refractivity contribution in [2.45, 2.75) is 26.8 Å². The van der Waals surface area contributed by atoms with Gasteiger partial charge in [0.2, 0.25) is 0 Å². The molecule has 0 spiro atoms. The predicted octanol–water partition coefficient (Wildman–Crippen LogP) is 2.25. The van der Waals surface area contributed by atoms with Crippen molar-refractivity contribution in [3.63, 3.8) is 0 Å². The lowest BCUT2D eigenvalue weighted by Gasteiger charge is -2.30. The molecule has 1 fully saturated rings. The van der Waals surface area contributed by atoms with E-state index in [0.717, 1.165) is 58.4 Å². The second-order valence-electron chi connectivity index (χ2n) is 6.88. The van der Waals surface area contributed by atoms with Crippen LogP contribution in [0.3, 0.4) is 0 Å². The van der Waals surface area contributed by atoms with Gasteiger partial charge < -0.3 is 25.0 Å². The Morgan fingerprint density at radius 1 is 1.19 bits per heavy atom. The first-order valence-corrected chi connectivity index (χ1v) is 9.63. The normalized spacial score (nSPS) is 15.4. The largest absolute Gasteiger partial charge is 0.380 e. The van der Waals surface area contributed by atoms with Crippen LogP contribution in [0.2, 0.25) is 0 Å². The smallest absolute Gasteiger partial charge is 0.191 e. The van der Waals surface area contributed by atoms with Gasteiger partial charge in [-0.15, -0.1) is 0 Å². The summed E-state index contributed by atoms with van der Waals surface area (Å²) in [7, 11) is 1.79. The van der Waals surface area contributed by atoms with E-state index in [1.165, 1.54) is 11.3 Å². The molecule has 0 saturated carbocycles. The Morgan fingerprint density at radius 3 is 2.69 bits per heavy atom. The van der Waals surface area contributed by atoms with Crippen LogP contribution in [0.5, 0.6) is 0 Å². The summed E-state index contributed by atoms with van der Waals surface area (Å²) in [4.78, 5) is 6.68. The summed E-state index contributed by atoms with van der Waals surface area (Å²) in [5.41, 5.74) is 2.54. The van der Waals surface area contributed by atoms with Crippen LogP contribution in [0.4, 0.5) is 5.69 Å². The molecule has 2 rings (SSSR count). The Kier molecular flexibility index (Phi) is 9.28. The van der Waals surface area contributed by atoms with Crippen molar-refractivity contribution in [2.24, 2.45) is 10.9 Å². The van der Waals surface area contributed by atoms with Gasteiger partial charge in [-0.1, -0.05) is 32.0 Å². The number of nitrogens with zero attached hydrogens (tertiary/aromatic N) is 2. The molecule has 1 heterocycles. The molecule has 6 nitrogen and oxygen atoms in total. The van der Waals surface area contributed by atoms with Gasteiger partial charge in [-0.05, 0) is 24.0 Å². The van der Waals surface area contributed by atoms with Crippen LogP contribution in [0.25, 0.3) is 0 Å². The Hall–Kier alpha value is -1.79. The molecule has 0 radical (unpaired) electrons. The van der Waals surface area contributed by atoms with Gasteiger partial charge in [0, 0.05) is 45.5 Å². The van der Waals surface area contributed by atoms with Gasteiger partial charge in [0.15, 0.2) is 5.96 Å². The van der Waals surface area contributed by atoms with Crippen LogP contribution in [0.1, 0.15) is 25.8 Å². The molecule has 6 heteroatoms. The average molecular weight is 363 g/mol. The Morgan fingerprint density at radius 2 is 1.96 bits per heavy atom. The molecular formula is C20H34N4O2. The molecular weight excluding hydrogens is 328 g/mol. The van der Waals surface area contributed by atoms with E-state index < -0.39 is 0 Å². The molecule has 0 amide bonds. The van der Waals surface area contributed by atoms with E-state index in [2.05, 4.69) is 58.6 Å². The molecule has 146 valence electrons. The summed E-state index contributed by atoms with van der Waals surface area (Å²) >= 11 is 0. The topological polar surface area (TPSA) is 58.1 Å². The molecule has 1 saturated heterocycles. The molecule has 0 aliphatic carbocycles. The number of ether oxygens (including phenoxy) is 2. The summed E-state index contributed by atoms with van der Waals surface area (Å²) in [6.45, 7) is 10.9. The fraction of sp³-hybridized carbons (Fsp3) is 0.650. The molecule has 0 unspecified atom stereocenters. The molecule has 0 bridgehead atoms. The van der Waals surface area contributed by atoms with Crippen molar-refractivity contribution < 1.29 is 9.47 Å². The van der Waals surface area contributed by atoms with Gasteiger partial charge in [-0.25, -0.2) is 0 Å². The van der Waals surface area contributed by atoms with Crippen molar-refractivity contribution in [1.29, 1.82) is 0 Å². The van der Waals surface area contributed by atoms with Crippen LogP contribution in [-0.2, 0) is 16.0 Å². The van der Waals surface area contributed by atoms with Crippen molar-refractivity contribution in [1.82, 2.24) is 10.6 Å².